The molecule has 0 saturated carbocycles. The molecular formula is C14H17BrClN3. The van der Waals surface area contributed by atoms with Crippen molar-refractivity contribution in [2.45, 2.75) is 26.8 Å². The van der Waals surface area contributed by atoms with E-state index in [9.17, 15) is 0 Å². The van der Waals surface area contributed by atoms with Crippen LogP contribution in [0.25, 0.3) is 0 Å². The number of benzene rings is 1. The molecule has 1 atom stereocenters. The van der Waals surface area contributed by atoms with Crippen LogP contribution in [0.4, 0.5) is 5.69 Å². The van der Waals surface area contributed by atoms with Gasteiger partial charge in [-0.05, 0) is 54.4 Å². The molecule has 102 valence electrons. The Kier molecular flexibility index (Phi) is 4.21. The van der Waals surface area contributed by atoms with Crippen LogP contribution in [0, 0.1) is 13.8 Å². The van der Waals surface area contributed by atoms with Crippen LogP contribution in [0.3, 0.4) is 0 Å². The predicted molar refractivity (Wildman–Crippen MR) is 83.9 cm³/mol. The van der Waals surface area contributed by atoms with Crippen LogP contribution in [0.5, 0.6) is 0 Å². The van der Waals surface area contributed by atoms with Gasteiger partial charge in [0.1, 0.15) is 0 Å². The summed E-state index contributed by atoms with van der Waals surface area (Å²) in [5, 5.41) is 8.60. The van der Waals surface area contributed by atoms with E-state index in [1.165, 1.54) is 5.56 Å². The van der Waals surface area contributed by atoms with Gasteiger partial charge in [-0.2, -0.15) is 5.10 Å². The minimum Gasteiger partial charge on any atom is -0.377 e. The van der Waals surface area contributed by atoms with Gasteiger partial charge in [0, 0.05) is 28.3 Å². The minimum absolute atomic E-state index is 0.170. The Labute approximate surface area is 127 Å². The molecule has 2 rings (SSSR count). The molecule has 0 amide bonds. The third kappa shape index (κ3) is 3.12. The van der Waals surface area contributed by atoms with Crippen molar-refractivity contribution in [3.8, 4) is 0 Å². The molecule has 0 aliphatic rings. The zero-order chi connectivity index (χ0) is 14.2. The third-order valence-electron chi connectivity index (χ3n) is 3.14. The van der Waals surface area contributed by atoms with Gasteiger partial charge in [-0.1, -0.05) is 11.6 Å². The first-order chi connectivity index (χ1) is 8.88. The first kappa shape index (κ1) is 14.4. The number of hydrogen-bond donors (Lipinski definition) is 1. The SMILES string of the molecule is Cc1cc(Br)c(NC(C)c2cn(C)nc2C)cc1Cl. The highest BCUT2D eigenvalue weighted by Gasteiger charge is 2.13. The van der Waals surface area contributed by atoms with E-state index in [-0.39, 0.29) is 6.04 Å². The number of rotatable bonds is 3. The Hall–Kier alpha value is -1.000. The van der Waals surface area contributed by atoms with Crippen molar-refractivity contribution < 1.29 is 0 Å². The fourth-order valence-electron chi connectivity index (χ4n) is 2.11. The molecular weight excluding hydrogens is 326 g/mol. The second-order valence-electron chi connectivity index (χ2n) is 4.79. The molecule has 0 fully saturated rings. The van der Waals surface area contributed by atoms with E-state index in [1.807, 2.05) is 43.9 Å². The Bertz CT molecular complexity index is 607. The normalized spacial score (nSPS) is 12.5. The Morgan fingerprint density at radius 1 is 1.37 bits per heavy atom. The summed E-state index contributed by atoms with van der Waals surface area (Å²) in [4.78, 5) is 0. The number of aromatic nitrogens is 2. The van der Waals surface area contributed by atoms with Crippen molar-refractivity contribution in [1.82, 2.24) is 9.78 Å². The molecule has 1 aromatic heterocycles. The van der Waals surface area contributed by atoms with Gasteiger partial charge in [0.2, 0.25) is 0 Å². The lowest BCUT2D eigenvalue weighted by molar-refractivity contribution is 0.756. The first-order valence-electron chi connectivity index (χ1n) is 6.11. The highest BCUT2D eigenvalue weighted by molar-refractivity contribution is 9.10. The van der Waals surface area contributed by atoms with E-state index in [2.05, 4.69) is 33.3 Å². The third-order valence-corrected chi connectivity index (χ3v) is 4.20. The van der Waals surface area contributed by atoms with E-state index in [4.69, 9.17) is 11.6 Å². The lowest BCUT2D eigenvalue weighted by Gasteiger charge is -2.17. The summed E-state index contributed by atoms with van der Waals surface area (Å²) in [7, 11) is 1.93. The molecule has 1 unspecified atom stereocenters. The van der Waals surface area contributed by atoms with E-state index < -0.39 is 0 Å². The van der Waals surface area contributed by atoms with E-state index in [0.717, 1.165) is 26.4 Å². The number of anilines is 1. The highest BCUT2D eigenvalue weighted by Crippen LogP contribution is 2.32. The van der Waals surface area contributed by atoms with Crippen LogP contribution >= 0.6 is 27.5 Å². The maximum Gasteiger partial charge on any atom is 0.0646 e. The molecule has 1 N–H and O–H groups in total. The summed E-state index contributed by atoms with van der Waals surface area (Å²) in [6, 6.07) is 4.14. The Balaban J connectivity index is 2.26. The zero-order valence-electron chi connectivity index (χ0n) is 11.5. The van der Waals surface area contributed by atoms with Crippen LogP contribution in [-0.2, 0) is 7.05 Å². The maximum absolute atomic E-state index is 6.17. The molecule has 1 heterocycles. The fourth-order valence-corrected chi connectivity index (χ4v) is 2.85. The van der Waals surface area contributed by atoms with Crippen LogP contribution < -0.4 is 5.32 Å². The lowest BCUT2D eigenvalue weighted by Crippen LogP contribution is -2.07. The van der Waals surface area contributed by atoms with E-state index >= 15 is 0 Å². The van der Waals surface area contributed by atoms with Crippen molar-refractivity contribution in [1.29, 1.82) is 0 Å². The number of nitrogens with zero attached hydrogens (tertiary/aromatic N) is 2. The molecule has 3 nitrogen and oxygen atoms in total. The number of hydrogen-bond acceptors (Lipinski definition) is 2. The molecule has 0 aliphatic carbocycles. The van der Waals surface area contributed by atoms with E-state index in [1.54, 1.807) is 0 Å². The molecule has 2 aromatic rings. The Morgan fingerprint density at radius 2 is 2.05 bits per heavy atom. The molecule has 5 heteroatoms. The molecule has 1 aromatic carbocycles. The highest BCUT2D eigenvalue weighted by atomic mass is 79.9. The standard InChI is InChI=1S/C14H17BrClN3/c1-8-5-12(15)14(6-13(8)16)17-9(2)11-7-19(4)18-10(11)3/h5-7,9,17H,1-4H3. The quantitative estimate of drug-likeness (QED) is 0.881. The second kappa shape index (κ2) is 5.55. The summed E-state index contributed by atoms with van der Waals surface area (Å²) < 4.78 is 2.85. The van der Waals surface area contributed by atoms with E-state index in [0.29, 0.717) is 0 Å². The molecule has 0 saturated heterocycles. The van der Waals surface area contributed by atoms with Gasteiger partial charge in [0.25, 0.3) is 0 Å². The van der Waals surface area contributed by atoms with Crippen molar-refractivity contribution >= 4 is 33.2 Å². The van der Waals surface area contributed by atoms with Crippen LogP contribution in [0.1, 0.15) is 29.8 Å². The van der Waals surface area contributed by atoms with Gasteiger partial charge in [-0.15, -0.1) is 0 Å². The van der Waals surface area contributed by atoms with Gasteiger partial charge < -0.3 is 5.32 Å². The van der Waals surface area contributed by atoms with Crippen LogP contribution in [0.2, 0.25) is 5.02 Å². The lowest BCUT2D eigenvalue weighted by atomic mass is 10.1. The summed E-state index contributed by atoms with van der Waals surface area (Å²) in [5.41, 5.74) is 4.28. The van der Waals surface area contributed by atoms with Gasteiger partial charge in [0.15, 0.2) is 0 Å². The number of nitrogens with one attached hydrogen (secondary N) is 1. The molecule has 0 aliphatic heterocycles. The monoisotopic (exact) mass is 341 g/mol. The van der Waals surface area contributed by atoms with Crippen molar-refractivity contribution in [2.75, 3.05) is 5.32 Å². The number of aryl methyl sites for hydroxylation is 3. The van der Waals surface area contributed by atoms with Crippen molar-refractivity contribution in [2.24, 2.45) is 7.05 Å². The summed E-state index contributed by atoms with van der Waals surface area (Å²) >= 11 is 9.74. The molecule has 0 bridgehead atoms. The van der Waals surface area contributed by atoms with Crippen molar-refractivity contribution in [3.63, 3.8) is 0 Å². The second-order valence-corrected chi connectivity index (χ2v) is 6.05. The molecule has 0 radical (unpaired) electrons. The summed E-state index contributed by atoms with van der Waals surface area (Å²) in [6.07, 6.45) is 2.04. The first-order valence-corrected chi connectivity index (χ1v) is 7.28. The largest absolute Gasteiger partial charge is 0.377 e. The van der Waals surface area contributed by atoms with Crippen LogP contribution in [0.15, 0.2) is 22.8 Å². The maximum atomic E-state index is 6.17. The van der Waals surface area contributed by atoms with Gasteiger partial charge in [-0.25, -0.2) is 0 Å². The fraction of sp³-hybridized carbons (Fsp3) is 0.357. The van der Waals surface area contributed by atoms with Gasteiger partial charge in [0.05, 0.1) is 17.4 Å². The van der Waals surface area contributed by atoms with Crippen LogP contribution in [-0.4, -0.2) is 9.78 Å². The zero-order valence-corrected chi connectivity index (χ0v) is 13.8. The topological polar surface area (TPSA) is 29.9 Å². The van der Waals surface area contributed by atoms with Gasteiger partial charge in [-0.3, -0.25) is 4.68 Å². The average molecular weight is 343 g/mol. The molecule has 0 spiro atoms. The summed E-state index contributed by atoms with van der Waals surface area (Å²) in [6.45, 7) is 6.13. The smallest absolute Gasteiger partial charge is 0.0646 e. The Morgan fingerprint density at radius 3 is 2.63 bits per heavy atom. The summed E-state index contributed by atoms with van der Waals surface area (Å²) in [5.74, 6) is 0. The predicted octanol–water partition coefficient (Wildman–Crippen LogP) is 4.63. The van der Waals surface area contributed by atoms with Crippen molar-refractivity contribution in [3.05, 3.63) is 44.6 Å². The molecule has 19 heavy (non-hydrogen) atoms. The average Bonchev–Trinajstić information content (AvgIpc) is 2.65. The number of halogens is 2. The van der Waals surface area contributed by atoms with Gasteiger partial charge >= 0.3 is 0 Å². The minimum atomic E-state index is 0.170.